The second-order valence-electron chi connectivity index (χ2n) is 5.04. The summed E-state index contributed by atoms with van der Waals surface area (Å²) in [7, 11) is 0. The molecule has 0 atom stereocenters. The van der Waals surface area contributed by atoms with Gasteiger partial charge in [0.1, 0.15) is 5.52 Å². The summed E-state index contributed by atoms with van der Waals surface area (Å²) >= 11 is 0. The number of benzene rings is 1. The smallest absolute Gasteiger partial charge is 0.254 e. The number of carbonyl (C=O) groups excluding carboxylic acids is 2. The van der Waals surface area contributed by atoms with E-state index in [2.05, 4.69) is 15.6 Å². The van der Waals surface area contributed by atoms with Gasteiger partial charge in [0, 0.05) is 25.2 Å². The van der Waals surface area contributed by atoms with Gasteiger partial charge in [0.25, 0.3) is 5.91 Å². The largest absolute Gasteiger partial charge is 0.354 e. The van der Waals surface area contributed by atoms with E-state index in [1.807, 2.05) is 13.0 Å². The second kappa shape index (κ2) is 5.51. The van der Waals surface area contributed by atoms with Crippen molar-refractivity contribution in [2.75, 3.05) is 19.6 Å². The molecule has 21 heavy (non-hydrogen) atoms. The lowest BCUT2D eigenvalue weighted by molar-refractivity contribution is -0.121. The monoisotopic (exact) mass is 287 g/mol. The van der Waals surface area contributed by atoms with Crippen LogP contribution in [0, 0.1) is 0 Å². The molecule has 7 nitrogen and oxygen atoms in total. The van der Waals surface area contributed by atoms with Crippen molar-refractivity contribution in [2.24, 2.45) is 0 Å². The number of aromatic nitrogens is 3. The minimum Gasteiger partial charge on any atom is -0.354 e. The Kier molecular flexibility index (Phi) is 3.55. The highest BCUT2D eigenvalue weighted by molar-refractivity contribution is 5.99. The standard InChI is InChI=1S/C14H17N5O2/c1-2-19-12-5-4-10(8-11(12)16-17-19)14(21)18-7-3-6-15-13(20)9-18/h4-5,8H,2-3,6-7,9H2,1H3,(H,15,20). The fourth-order valence-corrected chi connectivity index (χ4v) is 2.50. The Morgan fingerprint density at radius 1 is 1.43 bits per heavy atom. The molecule has 110 valence electrons. The molecule has 0 radical (unpaired) electrons. The highest BCUT2D eigenvalue weighted by Crippen LogP contribution is 2.15. The van der Waals surface area contributed by atoms with Crippen molar-refractivity contribution >= 4 is 22.8 Å². The predicted molar refractivity (Wildman–Crippen MR) is 76.7 cm³/mol. The van der Waals surface area contributed by atoms with E-state index in [4.69, 9.17) is 0 Å². The highest BCUT2D eigenvalue weighted by atomic mass is 16.2. The summed E-state index contributed by atoms with van der Waals surface area (Å²) < 4.78 is 1.78. The first-order chi connectivity index (χ1) is 10.2. The summed E-state index contributed by atoms with van der Waals surface area (Å²) in [6, 6.07) is 5.35. The average molecular weight is 287 g/mol. The molecule has 1 aromatic carbocycles. The van der Waals surface area contributed by atoms with E-state index in [-0.39, 0.29) is 18.4 Å². The Labute approximate surface area is 121 Å². The Morgan fingerprint density at radius 2 is 2.29 bits per heavy atom. The van der Waals surface area contributed by atoms with Gasteiger partial charge in [0.2, 0.25) is 5.91 Å². The number of hydrogen-bond donors (Lipinski definition) is 1. The van der Waals surface area contributed by atoms with Gasteiger partial charge in [-0.3, -0.25) is 9.59 Å². The van der Waals surface area contributed by atoms with Crippen LogP contribution in [0.2, 0.25) is 0 Å². The molecule has 0 aliphatic carbocycles. The third-order valence-electron chi connectivity index (χ3n) is 3.61. The van der Waals surface area contributed by atoms with E-state index in [1.165, 1.54) is 0 Å². The molecular formula is C14H17N5O2. The SMILES string of the molecule is CCn1nnc2cc(C(=O)N3CCCNC(=O)C3)ccc21. The quantitative estimate of drug-likeness (QED) is 0.867. The molecule has 2 aromatic rings. The van der Waals surface area contributed by atoms with Gasteiger partial charge in [-0.2, -0.15) is 0 Å². The molecule has 1 aliphatic rings. The van der Waals surface area contributed by atoms with Crippen LogP contribution in [0.5, 0.6) is 0 Å². The van der Waals surface area contributed by atoms with Crippen LogP contribution in [-0.2, 0) is 11.3 Å². The van der Waals surface area contributed by atoms with Gasteiger partial charge in [0.05, 0.1) is 12.1 Å². The number of amides is 2. The van der Waals surface area contributed by atoms with Crippen LogP contribution in [0.4, 0.5) is 0 Å². The highest BCUT2D eigenvalue weighted by Gasteiger charge is 2.21. The van der Waals surface area contributed by atoms with Crippen LogP contribution in [0.1, 0.15) is 23.7 Å². The summed E-state index contributed by atoms with van der Waals surface area (Å²) in [5.41, 5.74) is 2.14. The molecule has 0 saturated carbocycles. The van der Waals surface area contributed by atoms with Crippen molar-refractivity contribution in [1.82, 2.24) is 25.2 Å². The van der Waals surface area contributed by atoms with Gasteiger partial charge >= 0.3 is 0 Å². The molecule has 1 aromatic heterocycles. The Hall–Kier alpha value is -2.44. The number of fused-ring (bicyclic) bond motifs is 1. The summed E-state index contributed by atoms with van der Waals surface area (Å²) in [6.07, 6.45) is 0.770. The maximum atomic E-state index is 12.5. The minimum absolute atomic E-state index is 0.110. The average Bonchev–Trinajstić information content (AvgIpc) is 2.79. The lowest BCUT2D eigenvalue weighted by Gasteiger charge is -2.18. The summed E-state index contributed by atoms with van der Waals surface area (Å²) in [5.74, 6) is -0.251. The zero-order valence-electron chi connectivity index (χ0n) is 11.9. The molecule has 2 amide bonds. The molecule has 0 bridgehead atoms. The maximum Gasteiger partial charge on any atom is 0.254 e. The zero-order valence-corrected chi connectivity index (χ0v) is 11.9. The number of nitrogens with zero attached hydrogens (tertiary/aromatic N) is 4. The molecule has 1 aliphatic heterocycles. The van der Waals surface area contributed by atoms with Crippen molar-refractivity contribution in [3.05, 3.63) is 23.8 Å². The Bertz CT molecular complexity index is 694. The Morgan fingerprint density at radius 3 is 3.10 bits per heavy atom. The second-order valence-corrected chi connectivity index (χ2v) is 5.04. The van der Waals surface area contributed by atoms with Gasteiger partial charge in [-0.15, -0.1) is 5.10 Å². The molecule has 1 saturated heterocycles. The van der Waals surface area contributed by atoms with E-state index in [0.717, 1.165) is 18.5 Å². The fraction of sp³-hybridized carbons (Fsp3) is 0.429. The molecule has 2 heterocycles. The van der Waals surface area contributed by atoms with Crippen LogP contribution in [0.3, 0.4) is 0 Å². The fourth-order valence-electron chi connectivity index (χ4n) is 2.50. The van der Waals surface area contributed by atoms with Gasteiger partial charge in [0.15, 0.2) is 0 Å². The topological polar surface area (TPSA) is 80.1 Å². The van der Waals surface area contributed by atoms with Crippen molar-refractivity contribution in [1.29, 1.82) is 0 Å². The van der Waals surface area contributed by atoms with Crippen LogP contribution in [0.25, 0.3) is 11.0 Å². The van der Waals surface area contributed by atoms with Crippen LogP contribution >= 0.6 is 0 Å². The summed E-state index contributed by atoms with van der Waals surface area (Å²) in [6.45, 7) is 4.03. The predicted octanol–water partition coefficient (Wildman–Crippen LogP) is 0.413. The first-order valence-electron chi connectivity index (χ1n) is 7.08. The first-order valence-corrected chi connectivity index (χ1v) is 7.08. The molecule has 1 fully saturated rings. The van der Waals surface area contributed by atoms with E-state index >= 15 is 0 Å². The van der Waals surface area contributed by atoms with Crippen LogP contribution in [0.15, 0.2) is 18.2 Å². The van der Waals surface area contributed by atoms with Gasteiger partial charge in [-0.1, -0.05) is 5.21 Å². The third-order valence-corrected chi connectivity index (χ3v) is 3.61. The number of carbonyl (C=O) groups is 2. The van der Waals surface area contributed by atoms with Gasteiger partial charge in [-0.25, -0.2) is 4.68 Å². The van der Waals surface area contributed by atoms with E-state index in [0.29, 0.717) is 24.2 Å². The molecule has 0 spiro atoms. The Balaban J connectivity index is 1.88. The molecule has 1 N–H and O–H groups in total. The van der Waals surface area contributed by atoms with Crippen LogP contribution < -0.4 is 5.32 Å². The van der Waals surface area contributed by atoms with Crippen LogP contribution in [-0.4, -0.2) is 51.3 Å². The zero-order chi connectivity index (χ0) is 14.8. The molecule has 7 heteroatoms. The number of hydrogen-bond acceptors (Lipinski definition) is 4. The van der Waals surface area contributed by atoms with Crippen molar-refractivity contribution < 1.29 is 9.59 Å². The van der Waals surface area contributed by atoms with Gasteiger partial charge < -0.3 is 10.2 Å². The number of nitrogens with one attached hydrogen (secondary N) is 1. The van der Waals surface area contributed by atoms with E-state index in [9.17, 15) is 9.59 Å². The number of aryl methyl sites for hydroxylation is 1. The molecule has 0 unspecified atom stereocenters. The first kappa shape index (κ1) is 13.5. The maximum absolute atomic E-state index is 12.5. The van der Waals surface area contributed by atoms with Crippen molar-refractivity contribution in [3.63, 3.8) is 0 Å². The normalized spacial score (nSPS) is 15.9. The van der Waals surface area contributed by atoms with E-state index in [1.54, 1.807) is 21.7 Å². The molecule has 3 rings (SSSR count). The van der Waals surface area contributed by atoms with Gasteiger partial charge in [-0.05, 0) is 31.5 Å². The lowest BCUT2D eigenvalue weighted by atomic mass is 10.1. The number of rotatable bonds is 2. The third kappa shape index (κ3) is 2.58. The minimum atomic E-state index is -0.139. The molecular weight excluding hydrogens is 270 g/mol. The van der Waals surface area contributed by atoms with E-state index < -0.39 is 0 Å². The lowest BCUT2D eigenvalue weighted by Crippen LogP contribution is -2.37. The van der Waals surface area contributed by atoms with Crippen molar-refractivity contribution in [2.45, 2.75) is 19.9 Å². The van der Waals surface area contributed by atoms with Crippen molar-refractivity contribution in [3.8, 4) is 0 Å². The summed E-state index contributed by atoms with van der Waals surface area (Å²) in [4.78, 5) is 25.6. The summed E-state index contributed by atoms with van der Waals surface area (Å²) in [5, 5.41) is 10.9.